The van der Waals surface area contributed by atoms with Gasteiger partial charge in [0, 0.05) is 33.4 Å². The Bertz CT molecular complexity index is 566. The lowest BCUT2D eigenvalue weighted by atomic mass is 9.82. The number of benzene rings is 1. The van der Waals surface area contributed by atoms with Crippen molar-refractivity contribution in [1.29, 1.82) is 0 Å². The number of piperidine rings is 1. The van der Waals surface area contributed by atoms with Gasteiger partial charge in [0.05, 0.1) is 11.7 Å². The van der Waals surface area contributed by atoms with Crippen molar-refractivity contribution in [1.82, 2.24) is 4.90 Å². The number of carbonyl (C=O) groups is 1. The molecule has 1 unspecified atom stereocenters. The molecule has 0 aliphatic carbocycles. The summed E-state index contributed by atoms with van der Waals surface area (Å²) in [4.78, 5) is 13.0. The van der Waals surface area contributed by atoms with E-state index in [-0.39, 0.29) is 18.3 Å². The van der Waals surface area contributed by atoms with Crippen LogP contribution in [-0.4, -0.2) is 61.1 Å². The van der Waals surface area contributed by atoms with Crippen LogP contribution < -0.4 is 4.74 Å². The number of rotatable bonds is 6. The number of carboxylic acid groups (broad SMARTS) is 1. The fourth-order valence-electron chi connectivity index (χ4n) is 3.88. The molecule has 3 rings (SSSR count). The van der Waals surface area contributed by atoms with E-state index in [2.05, 4.69) is 4.90 Å². The highest BCUT2D eigenvalue weighted by Crippen LogP contribution is 2.37. The van der Waals surface area contributed by atoms with E-state index in [1.54, 1.807) is 7.11 Å². The third kappa shape index (κ3) is 4.51. The molecule has 1 aromatic rings. The van der Waals surface area contributed by atoms with Crippen LogP contribution in [-0.2, 0) is 20.8 Å². The number of carboxylic acids is 1. The first kappa shape index (κ1) is 18.2. The molecule has 2 heterocycles. The molecule has 1 N–H and O–H groups in total. The Labute approximate surface area is 148 Å². The fourth-order valence-corrected chi connectivity index (χ4v) is 3.88. The third-order valence-corrected chi connectivity index (χ3v) is 5.27. The molecule has 0 amide bonds. The molecule has 138 valence electrons. The maximum atomic E-state index is 10.5. The number of nitrogens with zero attached hydrogens (tertiary/aromatic N) is 1. The van der Waals surface area contributed by atoms with Gasteiger partial charge in [0.15, 0.2) is 6.61 Å². The minimum atomic E-state index is -0.967. The smallest absolute Gasteiger partial charge is 0.341 e. The van der Waals surface area contributed by atoms with Gasteiger partial charge in [-0.05, 0) is 43.4 Å². The highest BCUT2D eigenvalue weighted by molar-refractivity contribution is 5.68. The molecule has 0 aromatic heterocycles. The van der Waals surface area contributed by atoms with Gasteiger partial charge >= 0.3 is 5.97 Å². The normalized spacial score (nSPS) is 23.5. The number of hydrogen-bond donors (Lipinski definition) is 1. The summed E-state index contributed by atoms with van der Waals surface area (Å²) >= 11 is 0. The Morgan fingerprint density at radius 3 is 2.68 bits per heavy atom. The molecule has 2 saturated heterocycles. The van der Waals surface area contributed by atoms with E-state index in [0.717, 1.165) is 51.9 Å². The average molecular weight is 349 g/mol. The van der Waals surface area contributed by atoms with Crippen molar-refractivity contribution in [3.63, 3.8) is 0 Å². The zero-order valence-corrected chi connectivity index (χ0v) is 14.8. The van der Waals surface area contributed by atoms with Crippen molar-refractivity contribution in [3.8, 4) is 5.75 Å². The van der Waals surface area contributed by atoms with Crippen LogP contribution in [0.15, 0.2) is 24.3 Å². The molecule has 2 fully saturated rings. The molecule has 0 radical (unpaired) electrons. The molecular formula is C19H27NO5. The first-order chi connectivity index (χ1) is 12.1. The van der Waals surface area contributed by atoms with Gasteiger partial charge in [-0.25, -0.2) is 4.79 Å². The first-order valence-electron chi connectivity index (χ1n) is 8.94. The molecule has 1 aromatic carbocycles. The van der Waals surface area contributed by atoms with Gasteiger partial charge in [0.1, 0.15) is 5.75 Å². The van der Waals surface area contributed by atoms with Gasteiger partial charge in [0.25, 0.3) is 0 Å². The number of hydrogen-bond acceptors (Lipinski definition) is 5. The standard InChI is InChI=1S/C19H27NO5/c1-23-17-3-2-12-25-19(17)8-10-20(11-9-19)13-15-4-6-16(7-5-15)24-14-18(21)22/h4-7,17H,2-3,8-14H2,1H3,(H,21,22). The van der Waals surface area contributed by atoms with Crippen LogP contribution in [0.3, 0.4) is 0 Å². The summed E-state index contributed by atoms with van der Waals surface area (Å²) in [7, 11) is 1.79. The largest absolute Gasteiger partial charge is 0.482 e. The number of likely N-dealkylation sites (tertiary alicyclic amines) is 1. The van der Waals surface area contributed by atoms with Crippen LogP contribution >= 0.6 is 0 Å². The molecule has 6 nitrogen and oxygen atoms in total. The summed E-state index contributed by atoms with van der Waals surface area (Å²) in [6, 6.07) is 7.65. The molecule has 25 heavy (non-hydrogen) atoms. The van der Waals surface area contributed by atoms with Crippen molar-refractivity contribution in [2.24, 2.45) is 0 Å². The molecule has 2 aliphatic heterocycles. The number of methoxy groups -OCH3 is 1. The Balaban J connectivity index is 1.51. The molecular weight excluding hydrogens is 322 g/mol. The number of ether oxygens (including phenoxy) is 3. The van der Waals surface area contributed by atoms with Crippen molar-refractivity contribution >= 4 is 5.97 Å². The average Bonchev–Trinajstić information content (AvgIpc) is 2.63. The first-order valence-corrected chi connectivity index (χ1v) is 8.94. The molecule has 0 saturated carbocycles. The Morgan fingerprint density at radius 1 is 1.32 bits per heavy atom. The molecule has 1 spiro atoms. The zero-order valence-electron chi connectivity index (χ0n) is 14.8. The minimum absolute atomic E-state index is 0.0992. The van der Waals surface area contributed by atoms with E-state index < -0.39 is 5.97 Å². The predicted molar refractivity (Wildman–Crippen MR) is 92.8 cm³/mol. The van der Waals surface area contributed by atoms with E-state index in [1.807, 2.05) is 24.3 Å². The van der Waals surface area contributed by atoms with E-state index in [0.29, 0.717) is 5.75 Å². The lowest BCUT2D eigenvalue weighted by molar-refractivity contribution is -0.186. The second-order valence-electron chi connectivity index (χ2n) is 6.88. The third-order valence-electron chi connectivity index (χ3n) is 5.27. The topological polar surface area (TPSA) is 68.2 Å². The van der Waals surface area contributed by atoms with E-state index in [4.69, 9.17) is 19.3 Å². The summed E-state index contributed by atoms with van der Waals surface area (Å²) in [5.41, 5.74) is 1.10. The lowest BCUT2D eigenvalue weighted by Crippen LogP contribution is -2.55. The Hall–Kier alpha value is -1.63. The van der Waals surface area contributed by atoms with Crippen LogP contribution in [0.25, 0.3) is 0 Å². The van der Waals surface area contributed by atoms with Crippen LogP contribution in [0, 0.1) is 0 Å². The predicted octanol–water partition coefficient (Wildman–Crippen LogP) is 2.31. The van der Waals surface area contributed by atoms with Crippen molar-refractivity contribution < 1.29 is 24.1 Å². The van der Waals surface area contributed by atoms with Crippen molar-refractivity contribution in [2.45, 2.75) is 43.9 Å². The number of aliphatic carboxylic acids is 1. The van der Waals surface area contributed by atoms with Gasteiger partial charge in [-0.2, -0.15) is 0 Å². The Kier molecular flexibility index (Phi) is 5.93. The van der Waals surface area contributed by atoms with Crippen LogP contribution in [0.2, 0.25) is 0 Å². The maximum absolute atomic E-state index is 10.5. The summed E-state index contributed by atoms with van der Waals surface area (Å²) in [5, 5.41) is 8.64. The van der Waals surface area contributed by atoms with Crippen LogP contribution in [0.4, 0.5) is 0 Å². The van der Waals surface area contributed by atoms with Crippen LogP contribution in [0.1, 0.15) is 31.2 Å². The second kappa shape index (κ2) is 8.17. The summed E-state index contributed by atoms with van der Waals surface area (Å²) in [6.45, 7) is 3.41. The van der Waals surface area contributed by atoms with Crippen molar-refractivity contribution in [2.75, 3.05) is 33.4 Å². The van der Waals surface area contributed by atoms with Gasteiger partial charge in [0.2, 0.25) is 0 Å². The molecule has 2 aliphatic rings. The van der Waals surface area contributed by atoms with E-state index >= 15 is 0 Å². The van der Waals surface area contributed by atoms with Crippen molar-refractivity contribution in [3.05, 3.63) is 29.8 Å². The summed E-state index contributed by atoms with van der Waals surface area (Å²) in [5.74, 6) is -0.382. The van der Waals surface area contributed by atoms with Crippen LogP contribution in [0.5, 0.6) is 5.75 Å². The highest BCUT2D eigenvalue weighted by Gasteiger charge is 2.44. The van der Waals surface area contributed by atoms with E-state index in [1.165, 1.54) is 5.56 Å². The van der Waals surface area contributed by atoms with E-state index in [9.17, 15) is 4.79 Å². The lowest BCUT2D eigenvalue weighted by Gasteiger charge is -2.48. The second-order valence-corrected chi connectivity index (χ2v) is 6.88. The van der Waals surface area contributed by atoms with Gasteiger partial charge in [-0.3, -0.25) is 4.90 Å². The van der Waals surface area contributed by atoms with Gasteiger partial charge in [-0.1, -0.05) is 12.1 Å². The van der Waals surface area contributed by atoms with Gasteiger partial charge in [-0.15, -0.1) is 0 Å². The highest BCUT2D eigenvalue weighted by atomic mass is 16.5. The summed E-state index contributed by atoms with van der Waals surface area (Å²) in [6.07, 6.45) is 4.40. The molecule has 0 bridgehead atoms. The Morgan fingerprint density at radius 2 is 2.04 bits per heavy atom. The molecule has 1 atom stereocenters. The quantitative estimate of drug-likeness (QED) is 0.850. The maximum Gasteiger partial charge on any atom is 0.341 e. The SMILES string of the molecule is COC1CCCOC12CCN(Cc1ccc(OCC(=O)O)cc1)CC2. The zero-order chi connectivity index (χ0) is 17.7. The van der Waals surface area contributed by atoms with Gasteiger partial charge < -0.3 is 19.3 Å². The fraction of sp³-hybridized carbons (Fsp3) is 0.632. The molecule has 6 heteroatoms. The summed E-state index contributed by atoms with van der Waals surface area (Å²) < 4.78 is 17.0. The monoisotopic (exact) mass is 349 g/mol. The minimum Gasteiger partial charge on any atom is -0.482 e.